The fraction of sp³-hybridized carbons (Fsp3) is 0.188. The van der Waals surface area contributed by atoms with Gasteiger partial charge in [0.05, 0.1) is 15.9 Å². The van der Waals surface area contributed by atoms with Crippen molar-refractivity contribution in [3.05, 3.63) is 77.5 Å². The van der Waals surface area contributed by atoms with E-state index in [0.717, 1.165) is 23.8 Å². The summed E-state index contributed by atoms with van der Waals surface area (Å²) in [5, 5.41) is 21.9. The Morgan fingerprint density at radius 3 is 2.12 bits per heavy atom. The van der Waals surface area contributed by atoms with Crippen LogP contribution in [0.2, 0.25) is 0 Å². The molecule has 0 saturated heterocycles. The highest BCUT2D eigenvalue weighted by Crippen LogP contribution is 2.34. The average Bonchev–Trinajstić information content (AvgIpc) is 2.58. The van der Waals surface area contributed by atoms with Gasteiger partial charge in [0, 0.05) is 11.6 Å². The molecule has 0 unspecified atom stereocenters. The fourth-order valence-corrected chi connectivity index (χ4v) is 2.30. The van der Waals surface area contributed by atoms with E-state index in [0.29, 0.717) is 11.1 Å². The number of nitrogens with zero attached hydrogens (tertiary/aromatic N) is 2. The van der Waals surface area contributed by atoms with Gasteiger partial charge in [-0.1, -0.05) is 17.7 Å². The van der Waals surface area contributed by atoms with Gasteiger partial charge in [0.25, 0.3) is 5.69 Å². The molecule has 24 heavy (non-hydrogen) atoms. The largest absolute Gasteiger partial charge is 0.446 e. The van der Waals surface area contributed by atoms with Crippen molar-refractivity contribution in [1.82, 2.24) is 0 Å². The molecular formula is C16H14N2O6. The molecule has 0 aliphatic rings. The van der Waals surface area contributed by atoms with Crippen molar-refractivity contribution in [2.24, 2.45) is 0 Å². The van der Waals surface area contributed by atoms with E-state index in [1.54, 1.807) is 26.0 Å². The molecule has 8 heteroatoms. The summed E-state index contributed by atoms with van der Waals surface area (Å²) in [6, 6.07) is 6.41. The molecule has 2 aromatic carbocycles. The summed E-state index contributed by atoms with van der Waals surface area (Å²) in [6.07, 6.45) is 0. The molecule has 0 aromatic heterocycles. The van der Waals surface area contributed by atoms with Gasteiger partial charge < -0.3 is 4.74 Å². The predicted molar refractivity (Wildman–Crippen MR) is 86.7 cm³/mol. The summed E-state index contributed by atoms with van der Waals surface area (Å²) in [6.45, 7) is 5.09. The fourth-order valence-electron chi connectivity index (χ4n) is 2.30. The van der Waals surface area contributed by atoms with Crippen LogP contribution in [0.3, 0.4) is 0 Å². The molecule has 0 amide bonds. The zero-order chi connectivity index (χ0) is 18.0. The molecule has 124 valence electrons. The zero-order valence-corrected chi connectivity index (χ0v) is 13.2. The van der Waals surface area contributed by atoms with Crippen LogP contribution in [0.15, 0.2) is 35.1 Å². The number of ether oxygens (including phenoxy) is 1. The van der Waals surface area contributed by atoms with Crippen LogP contribution in [0.5, 0.6) is 11.5 Å². The highest BCUT2D eigenvalue weighted by Gasteiger charge is 2.22. The summed E-state index contributed by atoms with van der Waals surface area (Å²) in [5.74, 6) is -0.272. The minimum Gasteiger partial charge on any atom is -0.446 e. The first-order valence-electron chi connectivity index (χ1n) is 6.93. The summed E-state index contributed by atoms with van der Waals surface area (Å²) in [4.78, 5) is 32.8. The van der Waals surface area contributed by atoms with Crippen LogP contribution in [-0.2, 0) is 0 Å². The highest BCUT2D eigenvalue weighted by atomic mass is 16.6. The summed E-state index contributed by atoms with van der Waals surface area (Å²) in [7, 11) is 0. The van der Waals surface area contributed by atoms with Crippen molar-refractivity contribution in [3.63, 3.8) is 0 Å². The van der Waals surface area contributed by atoms with Crippen LogP contribution in [0, 0.1) is 41.0 Å². The molecule has 8 nitrogen and oxygen atoms in total. The number of aryl methyl sites for hydroxylation is 3. The maximum atomic E-state index is 12.4. The number of nitro benzene ring substituents is 2. The Morgan fingerprint density at radius 2 is 1.54 bits per heavy atom. The lowest BCUT2D eigenvalue weighted by Gasteiger charge is -2.06. The normalized spacial score (nSPS) is 10.3. The van der Waals surface area contributed by atoms with Crippen LogP contribution in [0.4, 0.5) is 11.4 Å². The van der Waals surface area contributed by atoms with E-state index in [9.17, 15) is 25.0 Å². The molecule has 0 aliphatic heterocycles. The second kappa shape index (κ2) is 6.45. The number of nitro groups is 2. The van der Waals surface area contributed by atoms with Crippen molar-refractivity contribution in [2.75, 3.05) is 0 Å². The quantitative estimate of drug-likeness (QED) is 0.625. The van der Waals surface area contributed by atoms with Gasteiger partial charge >= 0.3 is 5.69 Å². The lowest BCUT2D eigenvalue weighted by atomic mass is 10.2. The van der Waals surface area contributed by atoms with Gasteiger partial charge in [-0.3, -0.25) is 25.0 Å². The molecule has 0 fully saturated rings. The van der Waals surface area contributed by atoms with Gasteiger partial charge in [-0.25, -0.2) is 0 Å². The van der Waals surface area contributed by atoms with Crippen molar-refractivity contribution < 1.29 is 14.6 Å². The van der Waals surface area contributed by atoms with Gasteiger partial charge in [0.2, 0.25) is 11.2 Å². The first-order chi connectivity index (χ1) is 11.2. The number of non-ortho nitro benzene ring substituents is 1. The lowest BCUT2D eigenvalue weighted by molar-refractivity contribution is -0.394. The zero-order valence-electron chi connectivity index (χ0n) is 13.2. The van der Waals surface area contributed by atoms with Gasteiger partial charge in [-0.15, -0.1) is 0 Å². The molecule has 0 atom stereocenters. The number of rotatable bonds is 4. The van der Waals surface area contributed by atoms with Crippen LogP contribution < -0.4 is 10.2 Å². The second-order valence-electron chi connectivity index (χ2n) is 5.33. The van der Waals surface area contributed by atoms with Crippen LogP contribution >= 0.6 is 0 Å². The van der Waals surface area contributed by atoms with E-state index in [1.807, 2.05) is 6.92 Å². The van der Waals surface area contributed by atoms with Crippen molar-refractivity contribution in [3.8, 4) is 11.5 Å². The van der Waals surface area contributed by atoms with E-state index in [-0.39, 0.29) is 11.5 Å². The van der Waals surface area contributed by atoms with E-state index >= 15 is 0 Å². The van der Waals surface area contributed by atoms with Gasteiger partial charge in [-0.05, 0) is 32.4 Å². The van der Waals surface area contributed by atoms with Crippen molar-refractivity contribution >= 4 is 11.4 Å². The molecule has 0 N–H and O–H groups in total. The number of hydrogen-bond acceptors (Lipinski definition) is 6. The second-order valence-corrected chi connectivity index (χ2v) is 5.33. The average molecular weight is 330 g/mol. The molecule has 0 saturated carbocycles. The van der Waals surface area contributed by atoms with E-state index < -0.39 is 26.7 Å². The third kappa shape index (κ3) is 3.37. The molecule has 2 rings (SSSR count). The van der Waals surface area contributed by atoms with Crippen LogP contribution in [0.1, 0.15) is 16.7 Å². The Morgan fingerprint density at radius 1 is 0.917 bits per heavy atom. The Bertz CT molecular complexity index is 908. The predicted octanol–water partition coefficient (Wildman–Crippen LogP) is 3.58. The Labute approximate surface area is 136 Å². The minimum atomic E-state index is -0.789. The molecule has 0 heterocycles. The molecular weight excluding hydrogens is 316 g/mol. The van der Waals surface area contributed by atoms with E-state index in [1.165, 1.54) is 0 Å². The first kappa shape index (κ1) is 17.1. The Balaban J connectivity index is 2.63. The Kier molecular flexibility index (Phi) is 4.59. The van der Waals surface area contributed by atoms with Gasteiger partial charge in [-0.2, -0.15) is 0 Å². The minimum absolute atomic E-state index is 0.0439. The summed E-state index contributed by atoms with van der Waals surface area (Å²) in [5.41, 5.74) is 0.379. The van der Waals surface area contributed by atoms with E-state index in [4.69, 9.17) is 4.74 Å². The highest BCUT2D eigenvalue weighted by molar-refractivity contribution is 5.55. The molecule has 0 aliphatic carbocycles. The van der Waals surface area contributed by atoms with Crippen LogP contribution in [-0.4, -0.2) is 9.85 Å². The van der Waals surface area contributed by atoms with Gasteiger partial charge in [0.15, 0.2) is 5.75 Å². The van der Waals surface area contributed by atoms with E-state index in [2.05, 4.69) is 0 Å². The van der Waals surface area contributed by atoms with Gasteiger partial charge in [0.1, 0.15) is 0 Å². The smallest absolute Gasteiger partial charge is 0.318 e. The summed E-state index contributed by atoms with van der Waals surface area (Å²) < 4.78 is 5.49. The monoisotopic (exact) mass is 330 g/mol. The maximum Gasteiger partial charge on any atom is 0.318 e. The summed E-state index contributed by atoms with van der Waals surface area (Å²) >= 11 is 0. The third-order valence-corrected chi connectivity index (χ3v) is 3.37. The lowest BCUT2D eigenvalue weighted by Crippen LogP contribution is -2.07. The first-order valence-corrected chi connectivity index (χ1v) is 6.93. The SMILES string of the molecule is Cc1cc(C)c(Oc2ccc([N+](=O)[O-])cc2[N+](=O)[O-])c(=O)c(C)c1. The topological polar surface area (TPSA) is 113 Å². The standard InChI is InChI=1S/C16H14N2O6/c1-9-6-10(2)15(19)16(11(3)7-9)24-14-5-4-12(17(20)21)8-13(14)18(22)23/h4-8H,1-3H3. The third-order valence-electron chi connectivity index (χ3n) is 3.37. The molecule has 0 radical (unpaired) electrons. The molecule has 0 bridgehead atoms. The van der Waals surface area contributed by atoms with Crippen molar-refractivity contribution in [1.29, 1.82) is 0 Å². The number of benzene rings is 1. The molecule has 0 spiro atoms. The Hall–Kier alpha value is -3.29. The maximum absolute atomic E-state index is 12.4. The van der Waals surface area contributed by atoms with Crippen molar-refractivity contribution in [2.45, 2.75) is 20.8 Å². The van der Waals surface area contributed by atoms with Crippen LogP contribution in [0.25, 0.3) is 0 Å². The number of hydrogen-bond donors (Lipinski definition) is 0. The molecule has 2 aromatic rings.